The monoisotopic (exact) mass is 241 g/mol. The highest BCUT2D eigenvalue weighted by atomic mass is 16.3. The van der Waals surface area contributed by atoms with E-state index in [9.17, 15) is 9.90 Å². The molecule has 0 unspecified atom stereocenters. The lowest BCUT2D eigenvalue weighted by Crippen LogP contribution is -2.45. The fraction of sp³-hybridized carbons (Fsp3) is 0.929. The summed E-state index contributed by atoms with van der Waals surface area (Å²) in [6.07, 6.45) is 5.59. The molecule has 1 saturated carbocycles. The van der Waals surface area contributed by atoms with Gasteiger partial charge in [-0.15, -0.1) is 0 Å². The normalized spacial score (nSPS) is 29.4. The van der Waals surface area contributed by atoms with Gasteiger partial charge in [0.2, 0.25) is 5.91 Å². The summed E-state index contributed by atoms with van der Waals surface area (Å²) in [6, 6.07) is 0. The van der Waals surface area contributed by atoms with Gasteiger partial charge < -0.3 is 10.4 Å². The molecule has 0 heterocycles. The van der Waals surface area contributed by atoms with Crippen LogP contribution in [0.2, 0.25) is 0 Å². The maximum Gasteiger partial charge on any atom is 0.220 e. The molecule has 3 nitrogen and oxygen atoms in total. The molecule has 1 aliphatic carbocycles. The van der Waals surface area contributed by atoms with Crippen LogP contribution in [-0.2, 0) is 4.79 Å². The molecule has 1 amide bonds. The van der Waals surface area contributed by atoms with Gasteiger partial charge in [0.15, 0.2) is 0 Å². The van der Waals surface area contributed by atoms with Gasteiger partial charge in [0.05, 0.1) is 5.60 Å². The van der Waals surface area contributed by atoms with Crippen LogP contribution in [0.4, 0.5) is 0 Å². The zero-order valence-electron chi connectivity index (χ0n) is 11.5. The van der Waals surface area contributed by atoms with E-state index < -0.39 is 5.60 Å². The Balaban J connectivity index is 2.29. The molecule has 0 atom stereocenters. The zero-order chi connectivity index (χ0) is 12.9. The van der Waals surface area contributed by atoms with Gasteiger partial charge in [-0.3, -0.25) is 4.79 Å². The van der Waals surface area contributed by atoms with Gasteiger partial charge in [-0.1, -0.05) is 27.2 Å². The highest BCUT2D eigenvalue weighted by Gasteiger charge is 2.32. The van der Waals surface area contributed by atoms with Crippen molar-refractivity contribution in [3.63, 3.8) is 0 Å². The first-order valence-electron chi connectivity index (χ1n) is 6.94. The van der Waals surface area contributed by atoms with Crippen molar-refractivity contribution in [3.05, 3.63) is 0 Å². The summed E-state index contributed by atoms with van der Waals surface area (Å²) in [6.45, 7) is 6.69. The van der Waals surface area contributed by atoms with Crippen molar-refractivity contribution in [1.82, 2.24) is 5.32 Å². The maximum atomic E-state index is 11.5. The van der Waals surface area contributed by atoms with Crippen LogP contribution in [0.25, 0.3) is 0 Å². The van der Waals surface area contributed by atoms with Gasteiger partial charge in [-0.25, -0.2) is 0 Å². The number of nitrogens with one attached hydrogen (secondary N) is 1. The molecule has 100 valence electrons. The molecule has 0 aliphatic heterocycles. The van der Waals surface area contributed by atoms with Crippen LogP contribution >= 0.6 is 0 Å². The first-order chi connectivity index (χ1) is 7.95. The van der Waals surface area contributed by atoms with E-state index in [0.717, 1.165) is 31.6 Å². The SMILES string of the molecule is CCC1CCC(O)(CNC(=O)CC(C)C)CC1. The van der Waals surface area contributed by atoms with Gasteiger partial charge >= 0.3 is 0 Å². The van der Waals surface area contributed by atoms with Gasteiger partial charge in [0, 0.05) is 13.0 Å². The average molecular weight is 241 g/mol. The lowest BCUT2D eigenvalue weighted by atomic mass is 9.78. The predicted octanol–water partition coefficient (Wildman–Crippen LogP) is 2.48. The molecule has 2 N–H and O–H groups in total. The Kier molecular flexibility index (Phi) is 5.44. The highest BCUT2D eigenvalue weighted by molar-refractivity contribution is 5.76. The molecule has 0 spiro atoms. The summed E-state index contributed by atoms with van der Waals surface area (Å²) in [4.78, 5) is 11.5. The number of carbonyl (C=O) groups excluding carboxylic acids is 1. The quantitative estimate of drug-likeness (QED) is 0.777. The topological polar surface area (TPSA) is 49.3 Å². The predicted molar refractivity (Wildman–Crippen MR) is 69.7 cm³/mol. The molecule has 1 aliphatic rings. The van der Waals surface area contributed by atoms with Crippen molar-refractivity contribution < 1.29 is 9.90 Å². The van der Waals surface area contributed by atoms with E-state index in [-0.39, 0.29) is 5.91 Å². The molecule has 0 aromatic heterocycles. The molecular weight excluding hydrogens is 214 g/mol. The van der Waals surface area contributed by atoms with Crippen molar-refractivity contribution in [2.24, 2.45) is 11.8 Å². The Labute approximate surface area is 105 Å². The molecule has 0 radical (unpaired) electrons. The van der Waals surface area contributed by atoms with Crippen molar-refractivity contribution in [3.8, 4) is 0 Å². The van der Waals surface area contributed by atoms with E-state index in [1.807, 2.05) is 13.8 Å². The van der Waals surface area contributed by atoms with E-state index in [0.29, 0.717) is 18.9 Å². The Morgan fingerprint density at radius 3 is 2.47 bits per heavy atom. The number of rotatable bonds is 5. The van der Waals surface area contributed by atoms with E-state index in [1.165, 1.54) is 6.42 Å². The standard InChI is InChI=1S/C14H27NO2/c1-4-12-5-7-14(17,8-6-12)10-15-13(16)9-11(2)3/h11-12,17H,4-10H2,1-3H3,(H,15,16). The highest BCUT2D eigenvalue weighted by Crippen LogP contribution is 2.33. The molecule has 1 fully saturated rings. The van der Waals surface area contributed by atoms with E-state index >= 15 is 0 Å². The van der Waals surface area contributed by atoms with E-state index in [1.54, 1.807) is 0 Å². The Hall–Kier alpha value is -0.570. The van der Waals surface area contributed by atoms with Crippen LogP contribution in [0, 0.1) is 11.8 Å². The average Bonchev–Trinajstić information content (AvgIpc) is 2.27. The molecule has 0 aromatic rings. The minimum atomic E-state index is -0.654. The summed E-state index contributed by atoms with van der Waals surface area (Å²) < 4.78 is 0. The maximum absolute atomic E-state index is 11.5. The van der Waals surface area contributed by atoms with Crippen LogP contribution in [0.1, 0.15) is 59.3 Å². The van der Waals surface area contributed by atoms with Gasteiger partial charge in [-0.05, 0) is 37.5 Å². The molecular formula is C14H27NO2. The second-order valence-corrected chi connectivity index (χ2v) is 5.95. The van der Waals surface area contributed by atoms with Gasteiger partial charge in [-0.2, -0.15) is 0 Å². The van der Waals surface area contributed by atoms with Crippen LogP contribution in [0.15, 0.2) is 0 Å². The van der Waals surface area contributed by atoms with Crippen LogP contribution in [-0.4, -0.2) is 23.2 Å². The van der Waals surface area contributed by atoms with Gasteiger partial charge in [0.25, 0.3) is 0 Å². The minimum Gasteiger partial charge on any atom is -0.388 e. The summed E-state index contributed by atoms with van der Waals surface area (Å²) in [5, 5.41) is 13.2. The third kappa shape index (κ3) is 5.07. The fourth-order valence-corrected chi connectivity index (χ4v) is 2.51. The molecule has 17 heavy (non-hydrogen) atoms. The number of amides is 1. The third-order valence-corrected chi connectivity index (χ3v) is 3.82. The molecule has 0 saturated heterocycles. The van der Waals surface area contributed by atoms with Crippen molar-refractivity contribution in [2.45, 2.75) is 64.9 Å². The van der Waals surface area contributed by atoms with Gasteiger partial charge in [0.1, 0.15) is 0 Å². The van der Waals surface area contributed by atoms with Crippen LogP contribution < -0.4 is 5.32 Å². The molecule has 0 aromatic carbocycles. The summed E-state index contributed by atoms with van der Waals surface area (Å²) >= 11 is 0. The number of carbonyl (C=O) groups is 1. The Morgan fingerprint density at radius 1 is 1.41 bits per heavy atom. The second-order valence-electron chi connectivity index (χ2n) is 5.95. The summed E-state index contributed by atoms with van der Waals surface area (Å²) in [5.74, 6) is 1.20. The van der Waals surface area contributed by atoms with Crippen molar-refractivity contribution in [2.75, 3.05) is 6.54 Å². The van der Waals surface area contributed by atoms with E-state index in [4.69, 9.17) is 0 Å². The fourth-order valence-electron chi connectivity index (χ4n) is 2.51. The molecule has 3 heteroatoms. The Bertz CT molecular complexity index is 243. The number of hydrogen-bond donors (Lipinski definition) is 2. The van der Waals surface area contributed by atoms with Crippen molar-refractivity contribution in [1.29, 1.82) is 0 Å². The van der Waals surface area contributed by atoms with Crippen molar-refractivity contribution >= 4 is 5.91 Å². The number of hydrogen-bond acceptors (Lipinski definition) is 2. The van der Waals surface area contributed by atoms with E-state index in [2.05, 4.69) is 12.2 Å². The Morgan fingerprint density at radius 2 is 2.00 bits per heavy atom. The smallest absolute Gasteiger partial charge is 0.220 e. The third-order valence-electron chi connectivity index (χ3n) is 3.82. The summed E-state index contributed by atoms with van der Waals surface area (Å²) in [5.41, 5.74) is -0.654. The minimum absolute atomic E-state index is 0.0611. The number of aliphatic hydroxyl groups is 1. The van der Waals surface area contributed by atoms with Crippen LogP contribution in [0.3, 0.4) is 0 Å². The first kappa shape index (κ1) is 14.5. The summed E-state index contributed by atoms with van der Waals surface area (Å²) in [7, 11) is 0. The van der Waals surface area contributed by atoms with Crippen LogP contribution in [0.5, 0.6) is 0 Å². The largest absolute Gasteiger partial charge is 0.388 e. The lowest BCUT2D eigenvalue weighted by Gasteiger charge is -2.35. The zero-order valence-corrected chi connectivity index (χ0v) is 11.5. The molecule has 0 bridgehead atoms. The second kappa shape index (κ2) is 6.39. The molecule has 1 rings (SSSR count). The lowest BCUT2D eigenvalue weighted by molar-refractivity contribution is -0.123. The first-order valence-corrected chi connectivity index (χ1v) is 6.94.